The fourth-order valence-electron chi connectivity index (χ4n) is 2.06. The smallest absolute Gasteiger partial charge is 0.450 e. The number of rotatable bonds is 10. The van der Waals surface area contributed by atoms with Gasteiger partial charge in [-0.25, -0.2) is 4.79 Å². The van der Waals surface area contributed by atoms with Crippen molar-refractivity contribution in [3.8, 4) is 0 Å². The molecular weight excluding hydrogens is 364 g/mol. The molecule has 0 aromatic heterocycles. The lowest BCUT2D eigenvalue weighted by Crippen LogP contribution is -2.60. The van der Waals surface area contributed by atoms with E-state index in [0.717, 1.165) is 0 Å². The molecule has 0 rings (SSSR count). The maximum absolute atomic E-state index is 10.5. The minimum Gasteiger partial charge on any atom is -0.450 e. The molecule has 1 N–H and O–H groups in total. The first-order valence-electron chi connectivity index (χ1n) is 8.00. The third-order valence-electron chi connectivity index (χ3n) is 2.24. The highest BCUT2D eigenvalue weighted by molar-refractivity contribution is 6.90. The van der Waals surface area contributed by atoms with E-state index in [9.17, 15) is 4.79 Å². The molecule has 0 radical (unpaired) electrons. The van der Waals surface area contributed by atoms with Gasteiger partial charge in [0.15, 0.2) is 25.0 Å². The van der Waals surface area contributed by atoms with Crippen LogP contribution in [-0.2, 0) is 17.1 Å². The first-order valence-corrected chi connectivity index (χ1v) is 20.2. The summed E-state index contributed by atoms with van der Waals surface area (Å²) >= 11 is 0. The molecule has 23 heavy (non-hydrogen) atoms. The standard InChI is InChI=1S/C13H34O6Si4/c1-20(2,3)17-23(18-21(4,5)6,19-22(7,8)9)12-10-11-16-13(14)15/h10-12H2,1-9H3,(H,14,15). The van der Waals surface area contributed by atoms with Crippen molar-refractivity contribution >= 4 is 39.9 Å². The lowest BCUT2D eigenvalue weighted by Gasteiger charge is -2.42. The van der Waals surface area contributed by atoms with Crippen molar-refractivity contribution in [3.05, 3.63) is 0 Å². The fraction of sp³-hybridized carbons (Fsp3) is 0.923. The lowest BCUT2D eigenvalue weighted by molar-refractivity contribution is 0.0904. The van der Waals surface area contributed by atoms with Gasteiger partial charge in [0.25, 0.3) is 0 Å². The molecule has 0 heterocycles. The molecule has 0 atom stereocenters. The molecule has 0 unspecified atom stereocenters. The molecule has 0 bridgehead atoms. The molecule has 0 fully saturated rings. The first kappa shape index (κ1) is 23.0. The monoisotopic (exact) mass is 398 g/mol. The van der Waals surface area contributed by atoms with E-state index in [1.54, 1.807) is 0 Å². The minimum atomic E-state index is -2.86. The van der Waals surface area contributed by atoms with Gasteiger partial charge in [0, 0.05) is 6.04 Å². The Morgan fingerprint density at radius 3 is 1.39 bits per heavy atom. The van der Waals surface area contributed by atoms with Crippen LogP contribution in [-0.4, -0.2) is 51.6 Å². The van der Waals surface area contributed by atoms with E-state index in [1.807, 2.05) is 0 Å². The van der Waals surface area contributed by atoms with Crippen molar-refractivity contribution in [2.75, 3.05) is 6.61 Å². The van der Waals surface area contributed by atoms with Crippen LogP contribution in [0, 0.1) is 0 Å². The summed E-state index contributed by atoms with van der Waals surface area (Å²) in [6.07, 6.45) is -0.696. The zero-order chi connectivity index (χ0) is 18.5. The molecule has 0 saturated heterocycles. The average Bonchev–Trinajstić information content (AvgIpc) is 2.16. The Bertz CT molecular complexity index is 343. The van der Waals surface area contributed by atoms with Crippen LogP contribution >= 0.6 is 0 Å². The zero-order valence-electron chi connectivity index (χ0n) is 16.1. The van der Waals surface area contributed by atoms with Gasteiger partial charge < -0.3 is 22.2 Å². The second kappa shape index (κ2) is 8.40. The van der Waals surface area contributed by atoms with Gasteiger partial charge in [0.2, 0.25) is 0 Å². The molecule has 0 aliphatic rings. The Balaban J connectivity index is 5.32. The van der Waals surface area contributed by atoms with Gasteiger partial charge in [0.1, 0.15) is 0 Å². The average molecular weight is 399 g/mol. The van der Waals surface area contributed by atoms with Gasteiger partial charge in [-0.3, -0.25) is 0 Å². The highest BCUT2D eigenvalue weighted by Crippen LogP contribution is 2.29. The Morgan fingerprint density at radius 1 is 0.783 bits per heavy atom. The Kier molecular flexibility index (Phi) is 8.41. The van der Waals surface area contributed by atoms with E-state index < -0.39 is 39.9 Å². The van der Waals surface area contributed by atoms with Crippen LogP contribution in [0.3, 0.4) is 0 Å². The van der Waals surface area contributed by atoms with Crippen LogP contribution < -0.4 is 0 Å². The largest absolute Gasteiger partial charge is 0.505 e. The molecular formula is C13H34O6Si4. The quantitative estimate of drug-likeness (QED) is 0.330. The van der Waals surface area contributed by atoms with Crippen molar-refractivity contribution in [3.63, 3.8) is 0 Å². The topological polar surface area (TPSA) is 74.2 Å². The second-order valence-electron chi connectivity index (χ2n) is 8.54. The Labute approximate surface area is 145 Å². The van der Waals surface area contributed by atoms with Crippen molar-refractivity contribution in [2.45, 2.75) is 71.4 Å². The van der Waals surface area contributed by atoms with Crippen LogP contribution in [0.2, 0.25) is 65.0 Å². The normalized spacial score (nSPS) is 14.0. The number of ether oxygens (including phenoxy) is 1. The summed E-state index contributed by atoms with van der Waals surface area (Å²) in [5.41, 5.74) is 0. The Morgan fingerprint density at radius 2 is 1.13 bits per heavy atom. The van der Waals surface area contributed by atoms with Crippen molar-refractivity contribution in [1.82, 2.24) is 0 Å². The van der Waals surface area contributed by atoms with E-state index in [0.29, 0.717) is 12.5 Å². The molecule has 0 aromatic rings. The van der Waals surface area contributed by atoms with E-state index >= 15 is 0 Å². The summed E-state index contributed by atoms with van der Waals surface area (Å²) < 4.78 is 24.1. The molecule has 10 heteroatoms. The number of carbonyl (C=O) groups is 1. The minimum absolute atomic E-state index is 0.142. The van der Waals surface area contributed by atoms with Gasteiger partial charge in [-0.15, -0.1) is 0 Å². The fourth-order valence-corrected chi connectivity index (χ4v) is 16.7. The van der Waals surface area contributed by atoms with Crippen LogP contribution in [0.1, 0.15) is 6.42 Å². The highest BCUT2D eigenvalue weighted by atomic mass is 28.5. The van der Waals surface area contributed by atoms with Crippen molar-refractivity contribution < 1.29 is 27.0 Å². The van der Waals surface area contributed by atoms with E-state index in [-0.39, 0.29) is 6.61 Å². The summed E-state index contributed by atoms with van der Waals surface area (Å²) in [4.78, 5) is 10.5. The molecule has 0 aliphatic heterocycles. The summed E-state index contributed by atoms with van der Waals surface area (Å²) in [7, 11) is -8.49. The lowest BCUT2D eigenvalue weighted by atomic mass is 10.5. The molecule has 0 amide bonds. The maximum Gasteiger partial charge on any atom is 0.505 e. The van der Waals surface area contributed by atoms with Gasteiger partial charge in [0.05, 0.1) is 6.61 Å². The predicted octanol–water partition coefficient (Wildman–Crippen LogP) is 4.56. The zero-order valence-corrected chi connectivity index (χ0v) is 20.1. The summed E-state index contributed by atoms with van der Waals surface area (Å²) in [5.74, 6) is 0. The predicted molar refractivity (Wildman–Crippen MR) is 102 cm³/mol. The molecule has 0 aliphatic carbocycles. The number of hydrogen-bond donors (Lipinski definition) is 1. The van der Waals surface area contributed by atoms with Crippen molar-refractivity contribution in [2.24, 2.45) is 0 Å². The molecule has 0 aromatic carbocycles. The van der Waals surface area contributed by atoms with Crippen LogP contribution in [0.25, 0.3) is 0 Å². The highest BCUT2D eigenvalue weighted by Gasteiger charge is 2.49. The second-order valence-corrected chi connectivity index (χ2v) is 25.5. The van der Waals surface area contributed by atoms with E-state index in [2.05, 4.69) is 63.7 Å². The maximum atomic E-state index is 10.5. The SMILES string of the molecule is C[Si](C)(C)O[Si](CCCOC(=O)O)(O[Si](C)(C)C)O[Si](C)(C)C. The van der Waals surface area contributed by atoms with Crippen LogP contribution in [0.15, 0.2) is 0 Å². The number of hydrogen-bond acceptors (Lipinski definition) is 5. The van der Waals surface area contributed by atoms with Gasteiger partial charge in [-0.2, -0.15) is 0 Å². The van der Waals surface area contributed by atoms with Gasteiger partial charge in [-0.1, -0.05) is 0 Å². The summed E-state index contributed by atoms with van der Waals surface area (Å²) in [6.45, 7) is 19.3. The van der Waals surface area contributed by atoms with Crippen LogP contribution in [0.4, 0.5) is 4.79 Å². The molecule has 0 spiro atoms. The van der Waals surface area contributed by atoms with E-state index in [4.69, 9.17) is 17.5 Å². The summed E-state index contributed by atoms with van der Waals surface area (Å²) in [6, 6.07) is 0.596. The first-order chi connectivity index (χ1) is 10.0. The molecule has 6 nitrogen and oxygen atoms in total. The van der Waals surface area contributed by atoms with Gasteiger partial charge in [-0.05, 0) is 65.3 Å². The summed E-state index contributed by atoms with van der Waals surface area (Å²) in [5, 5.41) is 8.62. The van der Waals surface area contributed by atoms with Crippen LogP contribution in [0.5, 0.6) is 0 Å². The third-order valence-corrected chi connectivity index (χ3v) is 14.3. The van der Waals surface area contributed by atoms with Crippen molar-refractivity contribution in [1.29, 1.82) is 0 Å². The Hall–Kier alpha value is 0.0175. The third kappa shape index (κ3) is 13.0. The van der Waals surface area contributed by atoms with Gasteiger partial charge >= 0.3 is 15.0 Å². The molecule has 0 saturated carbocycles. The number of carboxylic acid groups (broad SMARTS) is 1. The van der Waals surface area contributed by atoms with E-state index in [1.165, 1.54) is 0 Å². The molecule has 138 valence electrons.